The molecule has 0 aliphatic rings. The highest BCUT2D eigenvalue weighted by atomic mass is 19.3. The van der Waals surface area contributed by atoms with E-state index in [0.29, 0.717) is 11.1 Å². The van der Waals surface area contributed by atoms with E-state index in [-0.39, 0.29) is 5.56 Å². The molecule has 0 fully saturated rings. The van der Waals surface area contributed by atoms with Crippen LogP contribution in [0.2, 0.25) is 0 Å². The van der Waals surface area contributed by atoms with Gasteiger partial charge in [0.25, 0.3) is 0 Å². The molecule has 0 saturated carbocycles. The lowest BCUT2D eigenvalue weighted by atomic mass is 10.0. The molecule has 0 aliphatic heterocycles. The van der Waals surface area contributed by atoms with E-state index in [1.165, 1.54) is 12.1 Å². The summed E-state index contributed by atoms with van der Waals surface area (Å²) in [6, 6.07) is 10.2. The molecule has 0 spiro atoms. The normalized spacial score (nSPS) is 11.2. The Kier molecular flexibility index (Phi) is 2.68. The average Bonchev–Trinajstić information content (AvgIpc) is 2.37. The monoisotopic (exact) mass is 233 g/mol. The maximum Gasteiger partial charge on any atom is 0.357 e. The molecule has 86 valence electrons. The van der Waals surface area contributed by atoms with Gasteiger partial charge in [0.1, 0.15) is 11.8 Å². The number of rotatable bonds is 2. The van der Waals surface area contributed by atoms with E-state index in [4.69, 9.17) is 10.00 Å². The minimum Gasteiger partial charge on any atom is -0.497 e. The van der Waals surface area contributed by atoms with Crippen LogP contribution in [-0.2, 0) is 5.92 Å². The van der Waals surface area contributed by atoms with Crippen molar-refractivity contribution in [3.63, 3.8) is 0 Å². The van der Waals surface area contributed by atoms with Crippen molar-refractivity contribution in [2.45, 2.75) is 5.92 Å². The van der Waals surface area contributed by atoms with E-state index in [0.717, 1.165) is 11.5 Å². The van der Waals surface area contributed by atoms with Crippen molar-refractivity contribution in [3.05, 3.63) is 42.0 Å². The summed E-state index contributed by atoms with van der Waals surface area (Å²) >= 11 is 0. The SMILES string of the molecule is COc1ccc2cc(C(F)(F)C#N)ccc2c1. The van der Waals surface area contributed by atoms with Gasteiger partial charge < -0.3 is 4.74 Å². The Balaban J connectivity index is 2.57. The van der Waals surface area contributed by atoms with Crippen LogP contribution < -0.4 is 4.74 Å². The maximum absolute atomic E-state index is 13.2. The van der Waals surface area contributed by atoms with Gasteiger partial charge in [-0.25, -0.2) is 0 Å². The largest absolute Gasteiger partial charge is 0.497 e. The molecule has 0 aromatic heterocycles. The first kappa shape index (κ1) is 11.3. The minimum absolute atomic E-state index is 0.294. The second-order valence-electron chi connectivity index (χ2n) is 3.61. The number of nitriles is 1. The number of ether oxygens (including phenoxy) is 1. The first-order chi connectivity index (χ1) is 8.06. The number of fused-ring (bicyclic) bond motifs is 1. The first-order valence-corrected chi connectivity index (χ1v) is 4.94. The molecule has 4 heteroatoms. The fourth-order valence-corrected chi connectivity index (χ4v) is 1.61. The van der Waals surface area contributed by atoms with Crippen LogP contribution in [0.15, 0.2) is 36.4 Å². The Hall–Kier alpha value is -2.15. The Morgan fingerprint density at radius 2 is 1.76 bits per heavy atom. The molecule has 2 nitrogen and oxygen atoms in total. The fourth-order valence-electron chi connectivity index (χ4n) is 1.61. The highest BCUT2D eigenvalue weighted by molar-refractivity contribution is 5.84. The van der Waals surface area contributed by atoms with Crippen molar-refractivity contribution in [1.29, 1.82) is 5.26 Å². The lowest BCUT2D eigenvalue weighted by molar-refractivity contribution is 0.0614. The fraction of sp³-hybridized carbons (Fsp3) is 0.154. The smallest absolute Gasteiger partial charge is 0.357 e. The van der Waals surface area contributed by atoms with Gasteiger partial charge in [-0.3, -0.25) is 0 Å². The summed E-state index contributed by atoms with van der Waals surface area (Å²) < 4.78 is 31.4. The minimum atomic E-state index is -3.45. The second-order valence-corrected chi connectivity index (χ2v) is 3.61. The zero-order chi connectivity index (χ0) is 12.5. The summed E-state index contributed by atoms with van der Waals surface area (Å²) in [6.07, 6.45) is 0. The van der Waals surface area contributed by atoms with Crippen molar-refractivity contribution < 1.29 is 13.5 Å². The highest BCUT2D eigenvalue weighted by Crippen LogP contribution is 2.30. The lowest BCUT2D eigenvalue weighted by Gasteiger charge is -2.09. The average molecular weight is 233 g/mol. The standard InChI is InChI=1S/C13H9F2NO/c1-17-12-5-3-9-6-11(13(14,15)8-16)4-2-10(9)7-12/h2-7H,1H3. The van der Waals surface area contributed by atoms with Gasteiger partial charge >= 0.3 is 5.92 Å². The molecule has 0 aliphatic carbocycles. The number of nitrogens with zero attached hydrogens (tertiary/aromatic N) is 1. The molecule has 0 saturated heterocycles. The third kappa shape index (κ3) is 2.04. The number of methoxy groups -OCH3 is 1. The summed E-state index contributed by atoms with van der Waals surface area (Å²) in [7, 11) is 1.54. The van der Waals surface area contributed by atoms with Gasteiger partial charge in [-0.05, 0) is 29.0 Å². The van der Waals surface area contributed by atoms with Crippen LogP contribution in [0.4, 0.5) is 8.78 Å². The molecule has 0 unspecified atom stereocenters. The van der Waals surface area contributed by atoms with Crippen LogP contribution in [0, 0.1) is 11.3 Å². The Bertz CT molecular complexity index is 602. The lowest BCUT2D eigenvalue weighted by Crippen LogP contribution is -2.09. The van der Waals surface area contributed by atoms with Crippen molar-refractivity contribution >= 4 is 10.8 Å². The Labute approximate surface area is 97.0 Å². The summed E-state index contributed by atoms with van der Waals surface area (Å²) in [4.78, 5) is 0. The van der Waals surface area contributed by atoms with Gasteiger partial charge in [-0.15, -0.1) is 0 Å². The first-order valence-electron chi connectivity index (χ1n) is 4.94. The number of halogens is 2. The van der Waals surface area contributed by atoms with Gasteiger partial charge in [-0.1, -0.05) is 18.2 Å². The second kappa shape index (κ2) is 4.02. The number of alkyl halides is 2. The summed E-state index contributed by atoms with van der Waals surface area (Å²) in [6.45, 7) is 0. The Morgan fingerprint density at radius 1 is 1.12 bits per heavy atom. The summed E-state index contributed by atoms with van der Waals surface area (Å²) in [5.74, 6) is -2.79. The van der Waals surface area contributed by atoms with Crippen molar-refractivity contribution in [2.24, 2.45) is 0 Å². The molecule has 17 heavy (non-hydrogen) atoms. The van der Waals surface area contributed by atoms with Gasteiger partial charge in [0.05, 0.1) is 7.11 Å². The van der Waals surface area contributed by atoms with Crippen LogP contribution in [0.25, 0.3) is 10.8 Å². The molecule has 2 aromatic carbocycles. The third-order valence-corrected chi connectivity index (χ3v) is 2.55. The quantitative estimate of drug-likeness (QED) is 0.795. The number of hydrogen-bond acceptors (Lipinski definition) is 2. The van der Waals surface area contributed by atoms with Crippen LogP contribution >= 0.6 is 0 Å². The van der Waals surface area contributed by atoms with Crippen LogP contribution in [0.1, 0.15) is 5.56 Å². The molecule has 2 aromatic rings. The molecule has 0 amide bonds. The van der Waals surface area contributed by atoms with Gasteiger partial charge in [0, 0.05) is 5.56 Å². The van der Waals surface area contributed by atoms with Crippen molar-refractivity contribution in [2.75, 3.05) is 7.11 Å². The van der Waals surface area contributed by atoms with Crippen molar-refractivity contribution in [1.82, 2.24) is 0 Å². The molecule has 2 rings (SSSR count). The van der Waals surface area contributed by atoms with Crippen LogP contribution in [0.5, 0.6) is 5.75 Å². The van der Waals surface area contributed by atoms with E-state index in [2.05, 4.69) is 0 Å². The van der Waals surface area contributed by atoms with Crippen LogP contribution in [0.3, 0.4) is 0 Å². The topological polar surface area (TPSA) is 33.0 Å². The molecule has 0 atom stereocenters. The predicted octanol–water partition coefficient (Wildman–Crippen LogP) is 3.46. The van der Waals surface area contributed by atoms with E-state index in [1.807, 2.05) is 0 Å². The molecular weight excluding hydrogens is 224 g/mol. The molecule has 0 heterocycles. The van der Waals surface area contributed by atoms with E-state index in [9.17, 15) is 8.78 Å². The maximum atomic E-state index is 13.2. The molecule has 0 bridgehead atoms. The third-order valence-electron chi connectivity index (χ3n) is 2.55. The van der Waals surface area contributed by atoms with Gasteiger partial charge in [0.2, 0.25) is 0 Å². The molecule has 0 radical (unpaired) electrons. The summed E-state index contributed by atoms with van der Waals surface area (Å²) in [5, 5.41) is 9.83. The molecular formula is C13H9F2NO. The molecule has 0 N–H and O–H groups in total. The van der Waals surface area contributed by atoms with E-state index < -0.39 is 5.92 Å². The Morgan fingerprint density at radius 3 is 2.41 bits per heavy atom. The highest BCUT2D eigenvalue weighted by Gasteiger charge is 2.30. The number of benzene rings is 2. The van der Waals surface area contributed by atoms with Crippen LogP contribution in [-0.4, -0.2) is 7.11 Å². The predicted molar refractivity (Wildman–Crippen MR) is 60.0 cm³/mol. The zero-order valence-electron chi connectivity index (χ0n) is 9.08. The zero-order valence-corrected chi connectivity index (χ0v) is 9.08. The van der Waals surface area contributed by atoms with Gasteiger partial charge in [-0.2, -0.15) is 14.0 Å². The van der Waals surface area contributed by atoms with Gasteiger partial charge in [0.15, 0.2) is 0 Å². The van der Waals surface area contributed by atoms with Crippen molar-refractivity contribution in [3.8, 4) is 11.8 Å². The van der Waals surface area contributed by atoms with E-state index in [1.54, 1.807) is 31.4 Å². The van der Waals surface area contributed by atoms with E-state index >= 15 is 0 Å². The summed E-state index contributed by atoms with van der Waals surface area (Å²) in [5.41, 5.74) is -0.294. The number of hydrogen-bond donors (Lipinski definition) is 0.